The number of nitrogens with zero attached hydrogens (tertiary/aromatic N) is 4. The molecule has 1 fully saturated rings. The van der Waals surface area contributed by atoms with Gasteiger partial charge in [0.1, 0.15) is 5.65 Å². The van der Waals surface area contributed by atoms with E-state index in [0.29, 0.717) is 0 Å². The molecule has 4 rings (SSSR count). The fourth-order valence-electron chi connectivity index (χ4n) is 2.70. The van der Waals surface area contributed by atoms with Crippen LogP contribution in [-0.4, -0.2) is 40.7 Å². The number of aromatic nitrogens is 3. The van der Waals surface area contributed by atoms with Crippen LogP contribution in [0.15, 0.2) is 42.7 Å². The van der Waals surface area contributed by atoms with Gasteiger partial charge in [-0.25, -0.2) is 9.97 Å². The molecule has 1 aliphatic heterocycles. The third-order valence-electron chi connectivity index (χ3n) is 3.87. The molecule has 0 spiro atoms. The van der Waals surface area contributed by atoms with Gasteiger partial charge < -0.3 is 15.4 Å². The van der Waals surface area contributed by atoms with Crippen molar-refractivity contribution < 1.29 is 4.74 Å². The topological polar surface area (TPSA) is 68.7 Å². The highest BCUT2D eigenvalue weighted by atomic mass is 16.5. The summed E-state index contributed by atoms with van der Waals surface area (Å²) in [4.78, 5) is 11.5. The van der Waals surface area contributed by atoms with Crippen LogP contribution in [0, 0.1) is 0 Å². The average Bonchev–Trinajstić information content (AvgIpc) is 3.04. The smallest absolute Gasteiger partial charge is 0.212 e. The summed E-state index contributed by atoms with van der Waals surface area (Å²) in [6.07, 6.45) is 3.74. The number of benzene rings is 1. The summed E-state index contributed by atoms with van der Waals surface area (Å²) in [6, 6.07) is 9.75. The molecule has 2 N–H and O–H groups in total. The van der Waals surface area contributed by atoms with E-state index in [1.807, 2.05) is 40.9 Å². The van der Waals surface area contributed by atoms with Crippen molar-refractivity contribution in [2.75, 3.05) is 36.9 Å². The Morgan fingerprint density at radius 2 is 1.86 bits per heavy atom. The highest BCUT2D eigenvalue weighted by Gasteiger charge is 2.17. The van der Waals surface area contributed by atoms with Crippen LogP contribution in [0.5, 0.6) is 0 Å². The van der Waals surface area contributed by atoms with Crippen LogP contribution >= 0.6 is 0 Å². The number of hydrogen-bond donors (Lipinski definition) is 1. The molecule has 0 saturated carbocycles. The number of imidazole rings is 1. The van der Waals surface area contributed by atoms with Gasteiger partial charge in [0.2, 0.25) is 5.95 Å². The molecule has 22 heavy (non-hydrogen) atoms. The molecule has 1 aromatic carbocycles. The summed E-state index contributed by atoms with van der Waals surface area (Å²) in [6.45, 7) is 3.13. The lowest BCUT2D eigenvalue weighted by Crippen LogP contribution is -2.38. The van der Waals surface area contributed by atoms with Crippen LogP contribution in [0.25, 0.3) is 16.9 Å². The highest BCUT2D eigenvalue weighted by Crippen LogP contribution is 2.24. The van der Waals surface area contributed by atoms with E-state index in [1.165, 1.54) is 0 Å². The molecule has 0 radical (unpaired) electrons. The fraction of sp³-hybridized carbons (Fsp3) is 0.250. The van der Waals surface area contributed by atoms with Gasteiger partial charge in [0.15, 0.2) is 0 Å². The zero-order chi connectivity index (χ0) is 14.9. The van der Waals surface area contributed by atoms with Crippen LogP contribution < -0.4 is 10.6 Å². The SMILES string of the molecule is Nc1ccc(-c2cc3nccn3c(N3CCOCC3)n2)cc1. The lowest BCUT2D eigenvalue weighted by molar-refractivity contribution is 0.122. The van der Waals surface area contributed by atoms with Gasteiger partial charge in [-0.3, -0.25) is 4.40 Å². The van der Waals surface area contributed by atoms with Gasteiger partial charge in [0.05, 0.1) is 18.9 Å². The summed E-state index contributed by atoms with van der Waals surface area (Å²) in [5.74, 6) is 0.908. The lowest BCUT2D eigenvalue weighted by atomic mass is 10.1. The number of morpholine rings is 1. The molecule has 112 valence electrons. The van der Waals surface area contributed by atoms with Crippen LogP contribution in [0.4, 0.5) is 11.6 Å². The number of nitrogens with two attached hydrogens (primary N) is 1. The Hall–Kier alpha value is -2.60. The molecule has 0 atom stereocenters. The quantitative estimate of drug-likeness (QED) is 0.730. The average molecular weight is 295 g/mol. The Labute approximate surface area is 128 Å². The molecular formula is C16H17N5O. The molecule has 0 unspecified atom stereocenters. The Morgan fingerprint density at radius 3 is 2.64 bits per heavy atom. The molecule has 6 nitrogen and oxygen atoms in total. The maximum atomic E-state index is 5.77. The third kappa shape index (κ3) is 2.27. The molecule has 0 amide bonds. The van der Waals surface area contributed by atoms with E-state index < -0.39 is 0 Å². The van der Waals surface area contributed by atoms with Crippen molar-refractivity contribution >= 4 is 17.3 Å². The first-order valence-electron chi connectivity index (χ1n) is 7.34. The monoisotopic (exact) mass is 295 g/mol. The summed E-state index contributed by atoms with van der Waals surface area (Å²) >= 11 is 0. The fourth-order valence-corrected chi connectivity index (χ4v) is 2.70. The van der Waals surface area contributed by atoms with E-state index >= 15 is 0 Å². The summed E-state index contributed by atoms with van der Waals surface area (Å²) in [5.41, 5.74) is 9.35. The Balaban J connectivity index is 1.84. The maximum absolute atomic E-state index is 5.77. The van der Waals surface area contributed by atoms with Crippen molar-refractivity contribution in [3.05, 3.63) is 42.7 Å². The number of nitrogen functional groups attached to an aromatic ring is 1. The first kappa shape index (κ1) is 13.1. The Kier molecular flexibility index (Phi) is 3.16. The summed E-state index contributed by atoms with van der Waals surface area (Å²) < 4.78 is 7.45. The molecule has 1 aliphatic rings. The van der Waals surface area contributed by atoms with E-state index in [1.54, 1.807) is 6.20 Å². The number of hydrogen-bond acceptors (Lipinski definition) is 5. The van der Waals surface area contributed by atoms with Gasteiger partial charge in [-0.1, -0.05) is 12.1 Å². The maximum Gasteiger partial charge on any atom is 0.212 e. The van der Waals surface area contributed by atoms with Crippen molar-refractivity contribution in [2.24, 2.45) is 0 Å². The normalized spacial score (nSPS) is 15.4. The summed E-state index contributed by atoms with van der Waals surface area (Å²) in [5, 5.41) is 0. The Morgan fingerprint density at radius 1 is 1.09 bits per heavy atom. The van der Waals surface area contributed by atoms with Crippen molar-refractivity contribution in [1.82, 2.24) is 14.4 Å². The number of anilines is 2. The van der Waals surface area contributed by atoms with Crippen molar-refractivity contribution in [3.8, 4) is 11.3 Å². The number of rotatable bonds is 2. The second kappa shape index (κ2) is 5.31. The predicted molar refractivity (Wildman–Crippen MR) is 85.9 cm³/mol. The third-order valence-corrected chi connectivity index (χ3v) is 3.87. The van der Waals surface area contributed by atoms with Gasteiger partial charge in [0, 0.05) is 42.8 Å². The molecule has 0 bridgehead atoms. The van der Waals surface area contributed by atoms with E-state index in [4.69, 9.17) is 15.5 Å². The standard InChI is InChI=1S/C16H17N5O/c17-13-3-1-12(2-4-13)14-11-15-18-5-6-21(15)16(19-14)20-7-9-22-10-8-20/h1-6,11H,7-10,17H2. The molecule has 2 aromatic heterocycles. The van der Waals surface area contributed by atoms with Gasteiger partial charge in [-0.2, -0.15) is 0 Å². The van der Waals surface area contributed by atoms with Crippen LogP contribution in [0.3, 0.4) is 0 Å². The minimum atomic E-state index is 0.726. The van der Waals surface area contributed by atoms with Gasteiger partial charge in [-0.15, -0.1) is 0 Å². The largest absolute Gasteiger partial charge is 0.399 e. The van der Waals surface area contributed by atoms with Crippen LogP contribution in [0.1, 0.15) is 0 Å². The van der Waals surface area contributed by atoms with Crippen molar-refractivity contribution in [3.63, 3.8) is 0 Å². The zero-order valence-corrected chi connectivity index (χ0v) is 12.1. The van der Waals surface area contributed by atoms with E-state index in [9.17, 15) is 0 Å². The van der Waals surface area contributed by atoms with Gasteiger partial charge in [-0.05, 0) is 12.1 Å². The van der Waals surface area contributed by atoms with Crippen LogP contribution in [-0.2, 0) is 4.74 Å². The first-order valence-corrected chi connectivity index (χ1v) is 7.34. The zero-order valence-electron chi connectivity index (χ0n) is 12.1. The molecule has 1 saturated heterocycles. The number of fused-ring (bicyclic) bond motifs is 1. The van der Waals surface area contributed by atoms with Crippen molar-refractivity contribution in [1.29, 1.82) is 0 Å². The first-order chi connectivity index (χ1) is 10.8. The second-order valence-corrected chi connectivity index (χ2v) is 5.32. The molecule has 3 aromatic rings. The van der Waals surface area contributed by atoms with Crippen molar-refractivity contribution in [2.45, 2.75) is 0 Å². The molecular weight excluding hydrogens is 278 g/mol. The molecule has 6 heteroatoms. The van der Waals surface area contributed by atoms with Gasteiger partial charge >= 0.3 is 0 Å². The summed E-state index contributed by atoms with van der Waals surface area (Å²) in [7, 11) is 0. The van der Waals surface area contributed by atoms with E-state index in [2.05, 4.69) is 9.88 Å². The highest BCUT2D eigenvalue weighted by molar-refractivity contribution is 5.67. The predicted octanol–water partition coefficient (Wildman–Crippen LogP) is 1.82. The van der Waals surface area contributed by atoms with E-state index in [0.717, 1.165) is 54.8 Å². The van der Waals surface area contributed by atoms with E-state index in [-0.39, 0.29) is 0 Å². The lowest BCUT2D eigenvalue weighted by Gasteiger charge is -2.28. The molecule has 3 heterocycles. The second-order valence-electron chi connectivity index (χ2n) is 5.32. The molecule has 0 aliphatic carbocycles. The minimum Gasteiger partial charge on any atom is -0.399 e. The number of ether oxygens (including phenoxy) is 1. The van der Waals surface area contributed by atoms with Gasteiger partial charge in [0.25, 0.3) is 0 Å². The Bertz CT molecular complexity index is 790. The van der Waals surface area contributed by atoms with Crippen LogP contribution in [0.2, 0.25) is 0 Å². The minimum absolute atomic E-state index is 0.726.